The maximum absolute atomic E-state index is 12.2. The van der Waals surface area contributed by atoms with Gasteiger partial charge in [0.05, 0.1) is 0 Å². The average Bonchev–Trinajstić information content (AvgIpc) is 2.73. The number of halogens is 1. The molecule has 1 heterocycles. The Labute approximate surface area is 113 Å². The first-order chi connectivity index (χ1) is 8.09. The van der Waals surface area contributed by atoms with Crippen molar-refractivity contribution < 1.29 is 4.79 Å². The topological polar surface area (TPSA) is 20.3 Å². The molecule has 4 heteroatoms. The second-order valence-electron chi connectivity index (χ2n) is 3.80. The molecule has 17 heavy (non-hydrogen) atoms. The Bertz CT molecular complexity index is 550. The lowest BCUT2D eigenvalue weighted by Crippen LogP contribution is -2.25. The van der Waals surface area contributed by atoms with Gasteiger partial charge in [-0.25, -0.2) is 0 Å². The highest BCUT2D eigenvalue weighted by Crippen LogP contribution is 2.26. The van der Waals surface area contributed by atoms with E-state index in [4.69, 9.17) is 0 Å². The number of benzene rings is 1. The van der Waals surface area contributed by atoms with Crippen LogP contribution in [0.1, 0.15) is 15.2 Å². The second-order valence-corrected chi connectivity index (χ2v) is 5.57. The SMILES string of the molecule is Cc1cccc(N(C)C(=O)c2sccc2Br)c1. The van der Waals surface area contributed by atoms with Crippen LogP contribution in [0.4, 0.5) is 5.69 Å². The number of carbonyl (C=O) groups excluding carboxylic acids is 1. The quantitative estimate of drug-likeness (QED) is 0.818. The van der Waals surface area contributed by atoms with Crippen molar-refractivity contribution in [3.63, 3.8) is 0 Å². The lowest BCUT2D eigenvalue weighted by molar-refractivity contribution is 0.0996. The van der Waals surface area contributed by atoms with E-state index in [1.165, 1.54) is 11.3 Å². The molecule has 0 atom stereocenters. The van der Waals surface area contributed by atoms with Gasteiger partial charge in [0.15, 0.2) is 0 Å². The predicted octanol–water partition coefficient (Wildman–Crippen LogP) is 4.10. The summed E-state index contributed by atoms with van der Waals surface area (Å²) in [5.41, 5.74) is 2.06. The number of hydrogen-bond acceptors (Lipinski definition) is 2. The van der Waals surface area contributed by atoms with Gasteiger partial charge in [-0.15, -0.1) is 11.3 Å². The summed E-state index contributed by atoms with van der Waals surface area (Å²) in [5.74, 6) is 0.0116. The number of thiophene rings is 1. The normalized spacial score (nSPS) is 10.3. The molecule has 1 aromatic heterocycles. The maximum Gasteiger partial charge on any atom is 0.269 e. The number of rotatable bonds is 2. The van der Waals surface area contributed by atoms with Crippen molar-refractivity contribution in [3.05, 3.63) is 50.6 Å². The molecule has 2 nitrogen and oxygen atoms in total. The molecule has 0 bridgehead atoms. The molecule has 88 valence electrons. The van der Waals surface area contributed by atoms with Crippen LogP contribution < -0.4 is 4.90 Å². The minimum Gasteiger partial charge on any atom is -0.311 e. The second kappa shape index (κ2) is 5.02. The highest BCUT2D eigenvalue weighted by molar-refractivity contribution is 9.10. The molecule has 0 unspecified atom stereocenters. The van der Waals surface area contributed by atoms with Crippen molar-refractivity contribution >= 4 is 38.9 Å². The Balaban J connectivity index is 2.30. The summed E-state index contributed by atoms with van der Waals surface area (Å²) < 4.78 is 0.854. The predicted molar refractivity (Wildman–Crippen MR) is 75.9 cm³/mol. The van der Waals surface area contributed by atoms with Gasteiger partial charge in [-0.05, 0) is 52.0 Å². The van der Waals surface area contributed by atoms with Crippen LogP contribution in [0.5, 0.6) is 0 Å². The van der Waals surface area contributed by atoms with Gasteiger partial charge in [0.25, 0.3) is 5.91 Å². The molecule has 2 aromatic rings. The number of anilines is 1. The standard InChI is InChI=1S/C13H12BrNOS/c1-9-4-3-5-10(8-9)15(2)13(16)12-11(14)6-7-17-12/h3-8H,1-2H3. The Morgan fingerprint density at radius 2 is 2.12 bits per heavy atom. The van der Waals surface area contributed by atoms with Crippen LogP contribution >= 0.6 is 27.3 Å². The Hall–Kier alpha value is -1.13. The molecule has 1 amide bonds. The van der Waals surface area contributed by atoms with Crippen molar-refractivity contribution in [3.8, 4) is 0 Å². The fourth-order valence-electron chi connectivity index (χ4n) is 1.55. The molecule has 0 saturated carbocycles. The fourth-order valence-corrected chi connectivity index (χ4v) is 3.07. The number of nitrogens with zero attached hydrogens (tertiary/aromatic N) is 1. The van der Waals surface area contributed by atoms with Gasteiger partial charge in [0.1, 0.15) is 4.88 Å². The van der Waals surface area contributed by atoms with E-state index in [0.29, 0.717) is 0 Å². The fraction of sp³-hybridized carbons (Fsp3) is 0.154. The maximum atomic E-state index is 12.2. The summed E-state index contributed by atoms with van der Waals surface area (Å²) in [6, 6.07) is 9.80. The van der Waals surface area contributed by atoms with Crippen LogP contribution in [0.2, 0.25) is 0 Å². The van der Waals surface area contributed by atoms with E-state index < -0.39 is 0 Å². The van der Waals surface area contributed by atoms with Gasteiger partial charge in [0.2, 0.25) is 0 Å². The van der Waals surface area contributed by atoms with E-state index in [-0.39, 0.29) is 5.91 Å². The van der Waals surface area contributed by atoms with Crippen molar-refractivity contribution in [2.45, 2.75) is 6.92 Å². The van der Waals surface area contributed by atoms with E-state index in [2.05, 4.69) is 15.9 Å². The summed E-state index contributed by atoms with van der Waals surface area (Å²) in [6.45, 7) is 2.02. The van der Waals surface area contributed by atoms with Crippen LogP contribution in [0.3, 0.4) is 0 Å². The summed E-state index contributed by atoms with van der Waals surface area (Å²) in [4.78, 5) is 14.6. The van der Waals surface area contributed by atoms with Gasteiger partial charge < -0.3 is 4.90 Å². The van der Waals surface area contributed by atoms with Gasteiger partial charge in [-0.1, -0.05) is 12.1 Å². The van der Waals surface area contributed by atoms with E-state index >= 15 is 0 Å². The zero-order valence-corrected chi connectivity index (χ0v) is 12.0. The van der Waals surface area contributed by atoms with Crippen LogP contribution in [0, 0.1) is 6.92 Å². The summed E-state index contributed by atoms with van der Waals surface area (Å²) in [5, 5.41) is 1.90. The Kier molecular flexibility index (Phi) is 3.64. The molecule has 0 aliphatic rings. The lowest BCUT2D eigenvalue weighted by atomic mass is 10.2. The smallest absolute Gasteiger partial charge is 0.269 e. The Morgan fingerprint density at radius 1 is 1.35 bits per heavy atom. The minimum atomic E-state index is 0.0116. The van der Waals surface area contributed by atoms with Gasteiger partial charge in [0, 0.05) is 17.2 Å². The third-order valence-corrected chi connectivity index (χ3v) is 4.33. The van der Waals surface area contributed by atoms with E-state index in [0.717, 1.165) is 20.6 Å². The number of hydrogen-bond donors (Lipinski definition) is 0. The van der Waals surface area contributed by atoms with Crippen molar-refractivity contribution in [1.29, 1.82) is 0 Å². The first-order valence-electron chi connectivity index (χ1n) is 5.17. The molecule has 2 rings (SSSR count). The average molecular weight is 310 g/mol. The highest BCUT2D eigenvalue weighted by atomic mass is 79.9. The van der Waals surface area contributed by atoms with Crippen molar-refractivity contribution in [2.24, 2.45) is 0 Å². The van der Waals surface area contributed by atoms with Crippen LogP contribution in [0.15, 0.2) is 40.2 Å². The zero-order valence-electron chi connectivity index (χ0n) is 9.61. The van der Waals surface area contributed by atoms with E-state index in [1.54, 1.807) is 11.9 Å². The molecule has 0 radical (unpaired) electrons. The minimum absolute atomic E-state index is 0.0116. The van der Waals surface area contributed by atoms with E-state index in [9.17, 15) is 4.79 Å². The summed E-state index contributed by atoms with van der Waals surface area (Å²) in [7, 11) is 1.79. The van der Waals surface area contributed by atoms with Crippen LogP contribution in [0.25, 0.3) is 0 Å². The zero-order chi connectivity index (χ0) is 12.4. The molecule has 0 spiro atoms. The third-order valence-electron chi connectivity index (χ3n) is 2.51. The van der Waals surface area contributed by atoms with Crippen molar-refractivity contribution in [2.75, 3.05) is 11.9 Å². The highest BCUT2D eigenvalue weighted by Gasteiger charge is 2.17. The molecule has 0 N–H and O–H groups in total. The lowest BCUT2D eigenvalue weighted by Gasteiger charge is -2.17. The third kappa shape index (κ3) is 2.58. The van der Waals surface area contributed by atoms with Gasteiger partial charge >= 0.3 is 0 Å². The molecule has 0 aliphatic carbocycles. The summed E-state index contributed by atoms with van der Waals surface area (Å²) >= 11 is 4.83. The number of carbonyl (C=O) groups is 1. The van der Waals surface area contributed by atoms with E-state index in [1.807, 2.05) is 42.6 Å². The molecular formula is C13H12BrNOS. The monoisotopic (exact) mass is 309 g/mol. The van der Waals surface area contributed by atoms with Crippen LogP contribution in [-0.4, -0.2) is 13.0 Å². The first kappa shape index (κ1) is 12.3. The van der Waals surface area contributed by atoms with Gasteiger partial charge in [-0.2, -0.15) is 0 Å². The summed E-state index contributed by atoms with van der Waals surface area (Å²) in [6.07, 6.45) is 0. The Morgan fingerprint density at radius 3 is 2.71 bits per heavy atom. The molecule has 0 aliphatic heterocycles. The first-order valence-corrected chi connectivity index (χ1v) is 6.84. The molecular weight excluding hydrogens is 298 g/mol. The van der Waals surface area contributed by atoms with Crippen LogP contribution in [-0.2, 0) is 0 Å². The van der Waals surface area contributed by atoms with Crippen molar-refractivity contribution in [1.82, 2.24) is 0 Å². The number of aryl methyl sites for hydroxylation is 1. The largest absolute Gasteiger partial charge is 0.311 e. The molecule has 1 aromatic carbocycles. The van der Waals surface area contributed by atoms with Gasteiger partial charge in [-0.3, -0.25) is 4.79 Å². The molecule has 0 fully saturated rings. The number of amides is 1. The molecule has 0 saturated heterocycles.